The zero-order valence-corrected chi connectivity index (χ0v) is 16.2. The molecule has 1 aromatic carbocycles. The topological polar surface area (TPSA) is 70.2 Å². The Hall–Kier alpha value is -2.06. The van der Waals surface area contributed by atoms with E-state index in [0.717, 1.165) is 38.4 Å². The number of benzene rings is 1. The average Bonchev–Trinajstić information content (AvgIpc) is 3.16. The lowest BCUT2D eigenvalue weighted by Crippen LogP contribution is -2.42. The van der Waals surface area contributed by atoms with Crippen LogP contribution in [0.1, 0.15) is 23.0 Å². The summed E-state index contributed by atoms with van der Waals surface area (Å²) < 4.78 is 6.15. The molecule has 0 bridgehead atoms. The lowest BCUT2D eigenvalue weighted by Gasteiger charge is -2.31. The summed E-state index contributed by atoms with van der Waals surface area (Å²) in [5, 5.41) is 5.49. The Bertz CT molecular complexity index is 945. The van der Waals surface area contributed by atoms with Crippen molar-refractivity contribution >= 4 is 21.6 Å². The first-order valence-corrected chi connectivity index (χ1v) is 10.1. The number of nitrogens with zero attached hydrogens (tertiary/aromatic N) is 2. The van der Waals surface area contributed by atoms with Crippen molar-refractivity contribution in [1.29, 1.82) is 0 Å². The Morgan fingerprint density at radius 1 is 1.26 bits per heavy atom. The van der Waals surface area contributed by atoms with E-state index in [2.05, 4.69) is 51.4 Å². The molecular formula is C20H24N4O2S. The van der Waals surface area contributed by atoms with E-state index in [-0.39, 0.29) is 11.6 Å². The molecule has 2 N–H and O–H groups in total. The Morgan fingerprint density at radius 2 is 2.04 bits per heavy atom. The molecule has 3 aromatic rings. The van der Waals surface area contributed by atoms with Crippen molar-refractivity contribution in [3.05, 3.63) is 63.0 Å². The van der Waals surface area contributed by atoms with Gasteiger partial charge < -0.3 is 15.0 Å². The number of H-pyrrole nitrogens is 1. The third-order valence-electron chi connectivity index (χ3n) is 4.90. The summed E-state index contributed by atoms with van der Waals surface area (Å²) in [7, 11) is 0. The lowest BCUT2D eigenvalue weighted by molar-refractivity contribution is 0.0333. The number of aromatic nitrogens is 2. The first kappa shape index (κ1) is 18.3. The van der Waals surface area contributed by atoms with Crippen LogP contribution in [0.4, 0.5) is 0 Å². The first-order chi connectivity index (χ1) is 13.2. The lowest BCUT2D eigenvalue weighted by atomic mass is 10.0. The highest BCUT2D eigenvalue weighted by atomic mass is 32.1. The van der Waals surface area contributed by atoms with Gasteiger partial charge in [0, 0.05) is 25.7 Å². The molecule has 1 fully saturated rings. The van der Waals surface area contributed by atoms with Gasteiger partial charge >= 0.3 is 0 Å². The third kappa shape index (κ3) is 4.44. The smallest absolute Gasteiger partial charge is 0.268 e. The number of hydrogen-bond acceptors (Lipinski definition) is 6. The molecule has 27 heavy (non-hydrogen) atoms. The zero-order chi connectivity index (χ0) is 18.6. The first-order valence-electron chi connectivity index (χ1n) is 9.25. The van der Waals surface area contributed by atoms with Gasteiger partial charge in [-0.3, -0.25) is 9.69 Å². The average molecular weight is 385 g/mol. The van der Waals surface area contributed by atoms with E-state index in [1.165, 1.54) is 22.5 Å². The van der Waals surface area contributed by atoms with E-state index in [1.54, 1.807) is 0 Å². The molecule has 1 aliphatic rings. The molecule has 6 nitrogen and oxygen atoms in total. The quantitative estimate of drug-likeness (QED) is 0.683. The highest BCUT2D eigenvalue weighted by molar-refractivity contribution is 7.17. The van der Waals surface area contributed by atoms with Gasteiger partial charge in [0.1, 0.15) is 10.5 Å². The van der Waals surface area contributed by atoms with Crippen molar-refractivity contribution in [2.45, 2.75) is 19.5 Å². The van der Waals surface area contributed by atoms with Gasteiger partial charge in [-0.2, -0.15) is 0 Å². The summed E-state index contributed by atoms with van der Waals surface area (Å²) in [4.78, 5) is 22.1. The largest absolute Gasteiger partial charge is 0.379 e. The van der Waals surface area contributed by atoms with Crippen LogP contribution in [0.15, 0.2) is 40.5 Å². The van der Waals surface area contributed by atoms with E-state index >= 15 is 0 Å². The van der Waals surface area contributed by atoms with Crippen LogP contribution in [0.5, 0.6) is 0 Å². The normalized spacial score (nSPS) is 16.6. The van der Waals surface area contributed by atoms with Gasteiger partial charge in [0.15, 0.2) is 0 Å². The minimum absolute atomic E-state index is 0.0631. The molecule has 0 unspecified atom stereocenters. The number of thiophene rings is 1. The number of hydrogen-bond donors (Lipinski definition) is 2. The third-order valence-corrected chi connectivity index (χ3v) is 5.81. The molecule has 2 aromatic heterocycles. The molecule has 7 heteroatoms. The number of rotatable bonds is 6. The van der Waals surface area contributed by atoms with Crippen LogP contribution in [0, 0.1) is 6.92 Å². The SMILES string of the molecule is Cc1ccc([C@H](CN2CCOCC2)NCc2nc3ccsc3c(=O)[nH]2)cc1. The predicted octanol–water partition coefficient (Wildman–Crippen LogP) is 2.46. The van der Waals surface area contributed by atoms with E-state index in [1.807, 2.05) is 11.4 Å². The summed E-state index contributed by atoms with van der Waals surface area (Å²) in [6, 6.07) is 10.7. The van der Waals surface area contributed by atoms with Gasteiger partial charge in [-0.15, -0.1) is 11.3 Å². The van der Waals surface area contributed by atoms with Crippen molar-refractivity contribution in [2.24, 2.45) is 0 Å². The molecule has 0 radical (unpaired) electrons. The minimum atomic E-state index is -0.0631. The fraction of sp³-hybridized carbons (Fsp3) is 0.400. The van der Waals surface area contributed by atoms with Gasteiger partial charge in [-0.1, -0.05) is 29.8 Å². The van der Waals surface area contributed by atoms with Crippen LogP contribution in [0.25, 0.3) is 10.2 Å². The number of morpholine rings is 1. The van der Waals surface area contributed by atoms with Gasteiger partial charge in [0.25, 0.3) is 5.56 Å². The molecule has 4 rings (SSSR count). The second-order valence-electron chi connectivity index (χ2n) is 6.90. The van der Waals surface area contributed by atoms with Crippen molar-refractivity contribution in [2.75, 3.05) is 32.8 Å². The molecule has 1 atom stereocenters. The second-order valence-corrected chi connectivity index (χ2v) is 7.82. The Balaban J connectivity index is 1.52. The molecular weight excluding hydrogens is 360 g/mol. The van der Waals surface area contributed by atoms with E-state index in [9.17, 15) is 4.79 Å². The van der Waals surface area contributed by atoms with Crippen LogP contribution >= 0.6 is 11.3 Å². The maximum Gasteiger partial charge on any atom is 0.268 e. The van der Waals surface area contributed by atoms with Crippen molar-refractivity contribution in [3.63, 3.8) is 0 Å². The molecule has 0 saturated carbocycles. The highest BCUT2D eigenvalue weighted by Crippen LogP contribution is 2.18. The van der Waals surface area contributed by atoms with Crippen LogP contribution in [0.2, 0.25) is 0 Å². The van der Waals surface area contributed by atoms with Crippen molar-refractivity contribution in [1.82, 2.24) is 20.2 Å². The summed E-state index contributed by atoms with van der Waals surface area (Å²) >= 11 is 1.42. The fourth-order valence-electron chi connectivity index (χ4n) is 3.35. The monoisotopic (exact) mass is 384 g/mol. The van der Waals surface area contributed by atoms with Crippen LogP contribution in [0.3, 0.4) is 0 Å². The van der Waals surface area contributed by atoms with E-state index in [4.69, 9.17) is 4.74 Å². The summed E-state index contributed by atoms with van der Waals surface area (Å²) in [5.41, 5.74) is 3.19. The minimum Gasteiger partial charge on any atom is -0.379 e. The molecule has 1 aliphatic heterocycles. The second kappa shape index (κ2) is 8.31. The van der Waals surface area contributed by atoms with Crippen molar-refractivity contribution < 1.29 is 4.74 Å². The van der Waals surface area contributed by atoms with Crippen molar-refractivity contribution in [3.8, 4) is 0 Å². The Morgan fingerprint density at radius 3 is 2.81 bits per heavy atom. The maximum atomic E-state index is 12.2. The summed E-state index contributed by atoms with van der Waals surface area (Å²) in [5.74, 6) is 0.671. The molecule has 0 spiro atoms. The standard InChI is InChI=1S/C20H24N4O2S/c1-14-2-4-15(5-3-14)17(13-24-7-9-26-10-8-24)21-12-18-22-16-6-11-27-19(16)20(25)23-18/h2-6,11,17,21H,7-10,12-13H2,1H3,(H,22,23,25)/t17-/m0/s1. The van der Waals surface area contributed by atoms with E-state index < -0.39 is 0 Å². The Labute approximate surface area is 162 Å². The molecule has 3 heterocycles. The van der Waals surface area contributed by atoms with Crippen LogP contribution < -0.4 is 10.9 Å². The number of aryl methyl sites for hydroxylation is 1. The molecule has 1 saturated heterocycles. The van der Waals surface area contributed by atoms with Gasteiger partial charge in [0.2, 0.25) is 0 Å². The maximum absolute atomic E-state index is 12.2. The van der Waals surface area contributed by atoms with Gasteiger partial charge in [-0.25, -0.2) is 4.98 Å². The van der Waals surface area contributed by atoms with Crippen LogP contribution in [-0.4, -0.2) is 47.7 Å². The molecule has 142 valence electrons. The Kier molecular flexibility index (Phi) is 5.63. The zero-order valence-electron chi connectivity index (χ0n) is 15.4. The fourth-order valence-corrected chi connectivity index (χ4v) is 4.08. The molecule has 0 aliphatic carbocycles. The van der Waals surface area contributed by atoms with Crippen LogP contribution in [-0.2, 0) is 11.3 Å². The molecule has 0 amide bonds. The van der Waals surface area contributed by atoms with Gasteiger partial charge in [-0.05, 0) is 23.9 Å². The number of aromatic amines is 1. The van der Waals surface area contributed by atoms with Gasteiger partial charge in [0.05, 0.1) is 25.3 Å². The van der Waals surface area contributed by atoms with E-state index in [0.29, 0.717) is 17.1 Å². The summed E-state index contributed by atoms with van der Waals surface area (Å²) in [6.07, 6.45) is 0. The summed E-state index contributed by atoms with van der Waals surface area (Å²) in [6.45, 7) is 6.97. The number of fused-ring (bicyclic) bond motifs is 1. The highest BCUT2D eigenvalue weighted by Gasteiger charge is 2.18. The number of nitrogens with one attached hydrogen (secondary N) is 2. The predicted molar refractivity (Wildman–Crippen MR) is 108 cm³/mol. The number of ether oxygens (including phenoxy) is 1.